The second kappa shape index (κ2) is 12.8. The van der Waals surface area contributed by atoms with Crippen molar-refractivity contribution in [3.05, 3.63) is 57.8 Å². The van der Waals surface area contributed by atoms with Crippen LogP contribution in [0.2, 0.25) is 0 Å². The lowest BCUT2D eigenvalue weighted by atomic mass is 9.77. The molecular weight excluding hydrogens is 535 g/mol. The molecule has 4 rings (SSSR count). The zero-order valence-corrected chi connectivity index (χ0v) is 24.2. The standard InChI is InChI=1S/C30H42F3N5O3/c1-29(2,3)21-6-8-22(9-7-21)34-23-12-16-36(17-13-23)15-4-5-28(39)37-18-14-25(20-37)35-24-10-11-27(38(40)41)26(19-24)30(31,32)33/h6,8-11,19,21,23,25,34-35H,4-5,7,12-18,20H2,1-3H3/t21?,25-/m1/s1. The first-order chi connectivity index (χ1) is 19.3. The minimum absolute atomic E-state index is 0.0510. The second-order valence-corrected chi connectivity index (χ2v) is 12.5. The first kappa shape index (κ1) is 30.9. The summed E-state index contributed by atoms with van der Waals surface area (Å²) in [7, 11) is 0. The highest BCUT2D eigenvalue weighted by Crippen LogP contribution is 2.38. The third-order valence-electron chi connectivity index (χ3n) is 8.45. The van der Waals surface area contributed by atoms with E-state index in [4.69, 9.17) is 0 Å². The summed E-state index contributed by atoms with van der Waals surface area (Å²) in [5, 5.41) is 17.7. The summed E-state index contributed by atoms with van der Waals surface area (Å²) >= 11 is 0. The molecule has 0 spiro atoms. The molecule has 41 heavy (non-hydrogen) atoms. The number of halogens is 3. The molecule has 2 aliphatic heterocycles. The number of carbonyl (C=O) groups excluding carboxylic acids is 1. The van der Waals surface area contributed by atoms with Gasteiger partial charge in [0.2, 0.25) is 5.91 Å². The summed E-state index contributed by atoms with van der Waals surface area (Å²) in [5.41, 5.74) is -0.597. The van der Waals surface area contributed by atoms with Gasteiger partial charge in [-0.05, 0) is 68.2 Å². The molecule has 0 radical (unpaired) electrons. The Bertz CT molecular complexity index is 1150. The number of piperidine rings is 1. The Balaban J connectivity index is 1.14. The van der Waals surface area contributed by atoms with Crippen LogP contribution in [0.5, 0.6) is 0 Å². The Morgan fingerprint density at radius 2 is 1.78 bits per heavy atom. The van der Waals surface area contributed by atoms with Crippen LogP contribution in [0.4, 0.5) is 24.5 Å². The van der Waals surface area contributed by atoms with Crippen molar-refractivity contribution in [1.82, 2.24) is 15.1 Å². The minimum atomic E-state index is -4.83. The fourth-order valence-electron chi connectivity index (χ4n) is 5.87. The fourth-order valence-corrected chi connectivity index (χ4v) is 5.87. The van der Waals surface area contributed by atoms with Crippen molar-refractivity contribution in [3.63, 3.8) is 0 Å². The molecule has 2 saturated heterocycles. The molecule has 1 unspecified atom stereocenters. The number of hydrogen-bond acceptors (Lipinski definition) is 6. The molecule has 0 aromatic heterocycles. The van der Waals surface area contributed by atoms with Gasteiger partial charge in [-0.25, -0.2) is 0 Å². The highest BCUT2D eigenvalue weighted by Gasteiger charge is 2.39. The third-order valence-corrected chi connectivity index (χ3v) is 8.45. The predicted molar refractivity (Wildman–Crippen MR) is 153 cm³/mol. The van der Waals surface area contributed by atoms with Crippen LogP contribution >= 0.6 is 0 Å². The van der Waals surface area contributed by atoms with Gasteiger partial charge in [-0.2, -0.15) is 13.2 Å². The number of likely N-dealkylation sites (tertiary alicyclic amines) is 2. The number of nitro benzene ring substituents is 1. The molecule has 2 atom stereocenters. The second-order valence-electron chi connectivity index (χ2n) is 12.5. The summed E-state index contributed by atoms with van der Waals surface area (Å²) in [6.07, 6.45) is 7.06. The number of anilines is 1. The molecule has 0 saturated carbocycles. The van der Waals surface area contributed by atoms with Crippen LogP contribution in [0.1, 0.15) is 64.9 Å². The molecule has 226 valence electrons. The Kier molecular flexibility index (Phi) is 9.66. The Morgan fingerprint density at radius 3 is 2.39 bits per heavy atom. The van der Waals surface area contributed by atoms with E-state index < -0.39 is 22.4 Å². The number of nitrogens with zero attached hydrogens (tertiary/aromatic N) is 3. The van der Waals surface area contributed by atoms with Crippen molar-refractivity contribution in [1.29, 1.82) is 0 Å². The smallest absolute Gasteiger partial charge is 0.382 e. The maximum absolute atomic E-state index is 13.3. The third kappa shape index (κ3) is 8.47. The van der Waals surface area contributed by atoms with E-state index in [0.29, 0.717) is 37.9 Å². The van der Waals surface area contributed by atoms with Crippen molar-refractivity contribution in [2.75, 3.05) is 38.0 Å². The average Bonchev–Trinajstić information content (AvgIpc) is 3.37. The van der Waals surface area contributed by atoms with Crippen molar-refractivity contribution < 1.29 is 22.9 Å². The van der Waals surface area contributed by atoms with Crippen LogP contribution in [0, 0.1) is 21.4 Å². The Morgan fingerprint density at radius 1 is 1.07 bits per heavy atom. The number of rotatable bonds is 9. The molecule has 8 nitrogen and oxygen atoms in total. The largest absolute Gasteiger partial charge is 0.423 e. The first-order valence-electron chi connectivity index (χ1n) is 14.6. The van der Waals surface area contributed by atoms with Gasteiger partial charge in [-0.3, -0.25) is 14.9 Å². The van der Waals surface area contributed by atoms with Crippen LogP contribution in [0.15, 0.2) is 42.1 Å². The quantitative estimate of drug-likeness (QED) is 0.278. The zero-order chi connectivity index (χ0) is 29.8. The highest BCUT2D eigenvalue weighted by atomic mass is 19.4. The van der Waals surface area contributed by atoms with Crippen LogP contribution in [0.25, 0.3) is 0 Å². The molecule has 11 heteroatoms. The summed E-state index contributed by atoms with van der Waals surface area (Å²) < 4.78 is 39.9. The van der Waals surface area contributed by atoms with Gasteiger partial charge in [0.05, 0.1) is 4.92 Å². The van der Waals surface area contributed by atoms with Crippen molar-refractivity contribution >= 4 is 17.3 Å². The monoisotopic (exact) mass is 577 g/mol. The summed E-state index contributed by atoms with van der Waals surface area (Å²) in [6.45, 7) is 10.6. The molecule has 1 aromatic carbocycles. The van der Waals surface area contributed by atoms with Gasteiger partial charge >= 0.3 is 6.18 Å². The molecule has 0 bridgehead atoms. The summed E-state index contributed by atoms with van der Waals surface area (Å²) in [4.78, 5) is 26.9. The van der Waals surface area contributed by atoms with Crippen LogP contribution < -0.4 is 10.6 Å². The van der Waals surface area contributed by atoms with Crippen molar-refractivity contribution in [2.24, 2.45) is 11.3 Å². The van der Waals surface area contributed by atoms with E-state index in [-0.39, 0.29) is 23.1 Å². The molecule has 1 aliphatic carbocycles. The Hall–Kier alpha value is -3.08. The van der Waals surface area contributed by atoms with E-state index in [1.165, 1.54) is 11.8 Å². The molecule has 2 fully saturated rings. The van der Waals surface area contributed by atoms with E-state index in [2.05, 4.69) is 54.5 Å². The number of amides is 1. The van der Waals surface area contributed by atoms with E-state index >= 15 is 0 Å². The number of nitrogens with one attached hydrogen (secondary N) is 2. The van der Waals surface area contributed by atoms with E-state index in [1.807, 2.05) is 0 Å². The molecular formula is C30H42F3N5O3. The SMILES string of the molecule is CC(C)(C)C1C=CC(NC2CCN(CCCC(=O)N3CC[C@@H](Nc4ccc([N+](=O)[O-])c(C(F)(F)F)c4)C3)CC2)=CC1. The van der Waals surface area contributed by atoms with Gasteiger partial charge in [0, 0.05) is 62.1 Å². The number of carbonyl (C=O) groups is 1. The number of allylic oxidation sites excluding steroid dienone is 3. The summed E-state index contributed by atoms with van der Waals surface area (Å²) in [5.74, 6) is 0.622. The van der Waals surface area contributed by atoms with Crippen LogP contribution in [-0.4, -0.2) is 65.4 Å². The first-order valence-corrected chi connectivity index (χ1v) is 14.6. The van der Waals surface area contributed by atoms with Crippen LogP contribution in [0.3, 0.4) is 0 Å². The molecule has 2 heterocycles. The van der Waals surface area contributed by atoms with Gasteiger partial charge in [0.25, 0.3) is 5.69 Å². The van der Waals surface area contributed by atoms with Gasteiger partial charge < -0.3 is 20.4 Å². The lowest BCUT2D eigenvalue weighted by molar-refractivity contribution is -0.388. The molecule has 1 amide bonds. The van der Waals surface area contributed by atoms with Gasteiger partial charge in [0.1, 0.15) is 5.56 Å². The highest BCUT2D eigenvalue weighted by molar-refractivity contribution is 5.76. The molecule has 3 aliphatic rings. The lowest BCUT2D eigenvalue weighted by Gasteiger charge is -2.34. The van der Waals surface area contributed by atoms with Crippen molar-refractivity contribution in [3.8, 4) is 0 Å². The van der Waals surface area contributed by atoms with Crippen LogP contribution in [-0.2, 0) is 11.0 Å². The normalized spacial score (nSPS) is 22.5. The topological polar surface area (TPSA) is 90.8 Å². The molecule has 2 N–H and O–H groups in total. The summed E-state index contributed by atoms with van der Waals surface area (Å²) in [6, 6.07) is 3.18. The van der Waals surface area contributed by atoms with Crippen molar-refractivity contribution in [2.45, 2.75) is 77.6 Å². The van der Waals surface area contributed by atoms with Gasteiger partial charge in [-0.15, -0.1) is 0 Å². The van der Waals surface area contributed by atoms with E-state index in [9.17, 15) is 28.1 Å². The van der Waals surface area contributed by atoms with Gasteiger partial charge in [0.15, 0.2) is 0 Å². The minimum Gasteiger partial charge on any atom is -0.382 e. The fraction of sp³-hybridized carbons (Fsp3) is 0.633. The lowest BCUT2D eigenvalue weighted by Crippen LogP contribution is -2.42. The number of nitro groups is 1. The number of benzene rings is 1. The van der Waals surface area contributed by atoms with E-state index in [0.717, 1.165) is 57.5 Å². The maximum atomic E-state index is 13.3. The number of hydrogen-bond donors (Lipinski definition) is 2. The zero-order valence-electron chi connectivity index (χ0n) is 24.2. The predicted octanol–water partition coefficient (Wildman–Crippen LogP) is 5.97. The average molecular weight is 578 g/mol. The Labute approximate surface area is 240 Å². The molecule has 1 aromatic rings. The maximum Gasteiger partial charge on any atom is 0.423 e. The number of alkyl halides is 3. The van der Waals surface area contributed by atoms with E-state index in [1.54, 1.807) is 4.90 Å². The van der Waals surface area contributed by atoms with Gasteiger partial charge in [-0.1, -0.05) is 32.9 Å².